The highest BCUT2D eigenvalue weighted by Gasteiger charge is 2.29. The first kappa shape index (κ1) is 17.8. The molecule has 6 heteroatoms. The summed E-state index contributed by atoms with van der Waals surface area (Å²) in [4.78, 5) is 24.2. The van der Waals surface area contributed by atoms with Crippen LogP contribution in [0.2, 0.25) is 0 Å². The van der Waals surface area contributed by atoms with Crippen LogP contribution in [0.3, 0.4) is 0 Å². The van der Waals surface area contributed by atoms with Crippen molar-refractivity contribution in [3.63, 3.8) is 0 Å². The van der Waals surface area contributed by atoms with Crippen LogP contribution in [0.25, 0.3) is 0 Å². The van der Waals surface area contributed by atoms with E-state index in [4.69, 9.17) is 9.47 Å². The fourth-order valence-electron chi connectivity index (χ4n) is 2.55. The summed E-state index contributed by atoms with van der Waals surface area (Å²) in [6.45, 7) is 1.72. The normalized spacial score (nSPS) is 13.0. The van der Waals surface area contributed by atoms with E-state index >= 15 is 0 Å². The number of carbonyl (C=O) groups excluding carboxylic acids is 2. The van der Waals surface area contributed by atoms with E-state index in [1.807, 2.05) is 25.1 Å². The Morgan fingerprint density at radius 1 is 1.00 bits per heavy atom. The van der Waals surface area contributed by atoms with Gasteiger partial charge in [-0.1, -0.05) is 18.2 Å². The van der Waals surface area contributed by atoms with E-state index in [9.17, 15) is 9.59 Å². The number of benzene rings is 2. The van der Waals surface area contributed by atoms with Crippen molar-refractivity contribution in [1.82, 2.24) is 0 Å². The van der Waals surface area contributed by atoms with Crippen molar-refractivity contribution < 1.29 is 19.1 Å². The molecule has 2 N–H and O–H groups in total. The van der Waals surface area contributed by atoms with Crippen LogP contribution in [0.4, 0.5) is 11.4 Å². The molecule has 26 heavy (non-hydrogen) atoms. The number of rotatable bonds is 7. The van der Waals surface area contributed by atoms with Gasteiger partial charge in [-0.05, 0) is 49.6 Å². The molecule has 1 fully saturated rings. The number of ether oxygens (including phenoxy) is 2. The molecule has 1 aliphatic carbocycles. The molecule has 0 aliphatic heterocycles. The summed E-state index contributed by atoms with van der Waals surface area (Å²) in [6.07, 6.45) is 1.89. The van der Waals surface area contributed by atoms with Crippen LogP contribution in [0, 0.1) is 12.8 Å². The molecule has 0 bridgehead atoms. The van der Waals surface area contributed by atoms with Crippen molar-refractivity contribution in [3.05, 3.63) is 48.0 Å². The lowest BCUT2D eigenvalue weighted by atomic mass is 10.1. The van der Waals surface area contributed by atoms with Gasteiger partial charge in [0.15, 0.2) is 18.1 Å². The Morgan fingerprint density at radius 3 is 2.31 bits per heavy atom. The van der Waals surface area contributed by atoms with E-state index in [1.54, 1.807) is 31.4 Å². The second-order valence-electron chi connectivity index (χ2n) is 6.23. The molecule has 0 heterocycles. The highest BCUT2D eigenvalue weighted by atomic mass is 16.5. The Kier molecular flexibility index (Phi) is 5.41. The molecule has 1 saturated carbocycles. The molecule has 0 atom stereocenters. The molecule has 2 aromatic rings. The summed E-state index contributed by atoms with van der Waals surface area (Å²) >= 11 is 0. The van der Waals surface area contributed by atoms with Gasteiger partial charge in [-0.3, -0.25) is 9.59 Å². The van der Waals surface area contributed by atoms with Gasteiger partial charge < -0.3 is 20.1 Å². The minimum absolute atomic E-state index is 0.0380. The summed E-state index contributed by atoms with van der Waals surface area (Å²) in [6, 6.07) is 12.6. The molecular weight excluding hydrogens is 332 g/mol. The maximum absolute atomic E-state index is 12.2. The van der Waals surface area contributed by atoms with E-state index in [2.05, 4.69) is 10.6 Å². The van der Waals surface area contributed by atoms with Crippen molar-refractivity contribution >= 4 is 23.2 Å². The fraction of sp³-hybridized carbons (Fsp3) is 0.300. The number of amides is 2. The maximum atomic E-state index is 12.2. The number of nitrogens with one attached hydrogen (secondary N) is 2. The van der Waals surface area contributed by atoms with Crippen LogP contribution in [-0.2, 0) is 9.59 Å². The molecule has 1 aliphatic rings. The van der Waals surface area contributed by atoms with Gasteiger partial charge in [0.2, 0.25) is 5.91 Å². The first-order chi connectivity index (χ1) is 12.6. The lowest BCUT2D eigenvalue weighted by Gasteiger charge is -2.14. The van der Waals surface area contributed by atoms with Crippen molar-refractivity contribution in [3.8, 4) is 11.5 Å². The Balaban J connectivity index is 1.61. The second-order valence-corrected chi connectivity index (χ2v) is 6.23. The molecule has 0 radical (unpaired) electrons. The van der Waals surface area contributed by atoms with E-state index in [1.165, 1.54) is 0 Å². The third kappa shape index (κ3) is 4.33. The third-order valence-corrected chi connectivity index (χ3v) is 4.24. The smallest absolute Gasteiger partial charge is 0.262 e. The first-order valence-corrected chi connectivity index (χ1v) is 8.54. The molecular formula is C20H22N2O4. The van der Waals surface area contributed by atoms with Crippen molar-refractivity contribution in [2.75, 3.05) is 24.4 Å². The summed E-state index contributed by atoms with van der Waals surface area (Å²) in [5.41, 5.74) is 2.17. The molecule has 6 nitrogen and oxygen atoms in total. The van der Waals surface area contributed by atoms with Crippen LogP contribution in [0.5, 0.6) is 11.5 Å². The predicted molar refractivity (Wildman–Crippen MR) is 99.7 cm³/mol. The summed E-state index contributed by atoms with van der Waals surface area (Å²) in [5, 5.41) is 5.74. The van der Waals surface area contributed by atoms with Gasteiger partial charge in [0, 0.05) is 17.3 Å². The summed E-state index contributed by atoms with van der Waals surface area (Å²) < 4.78 is 10.7. The lowest BCUT2D eigenvalue weighted by molar-refractivity contribution is -0.118. The average Bonchev–Trinajstić information content (AvgIpc) is 3.49. The number of carbonyl (C=O) groups is 2. The highest BCUT2D eigenvalue weighted by molar-refractivity contribution is 5.97. The van der Waals surface area contributed by atoms with Crippen LogP contribution in [0.15, 0.2) is 42.5 Å². The zero-order chi connectivity index (χ0) is 18.5. The molecule has 3 rings (SSSR count). The first-order valence-electron chi connectivity index (χ1n) is 8.54. The van der Waals surface area contributed by atoms with Crippen LogP contribution in [-0.4, -0.2) is 25.5 Å². The zero-order valence-electron chi connectivity index (χ0n) is 14.9. The Labute approximate surface area is 152 Å². The van der Waals surface area contributed by atoms with E-state index < -0.39 is 0 Å². The van der Waals surface area contributed by atoms with Gasteiger partial charge in [-0.2, -0.15) is 0 Å². The molecule has 136 valence electrons. The number of hydrogen-bond donors (Lipinski definition) is 2. The predicted octanol–water partition coefficient (Wildman–Crippen LogP) is 3.37. The number of methoxy groups -OCH3 is 1. The van der Waals surface area contributed by atoms with E-state index in [-0.39, 0.29) is 24.3 Å². The molecule has 0 unspecified atom stereocenters. The zero-order valence-corrected chi connectivity index (χ0v) is 14.9. The Morgan fingerprint density at radius 2 is 1.65 bits per heavy atom. The SMILES string of the molecule is COc1ccccc1OCC(=O)Nc1cccc(NC(=O)C2CC2)c1C. The second kappa shape index (κ2) is 7.91. The largest absolute Gasteiger partial charge is 0.493 e. The van der Waals surface area contributed by atoms with Crippen LogP contribution >= 0.6 is 0 Å². The van der Waals surface area contributed by atoms with Gasteiger partial charge in [0.05, 0.1) is 7.11 Å². The molecule has 2 amide bonds. The van der Waals surface area contributed by atoms with Crippen LogP contribution in [0.1, 0.15) is 18.4 Å². The van der Waals surface area contributed by atoms with E-state index in [0.717, 1.165) is 18.4 Å². The summed E-state index contributed by atoms with van der Waals surface area (Å²) in [7, 11) is 1.55. The van der Waals surface area contributed by atoms with Crippen molar-refractivity contribution in [2.24, 2.45) is 5.92 Å². The fourth-order valence-corrected chi connectivity index (χ4v) is 2.55. The lowest BCUT2D eigenvalue weighted by Crippen LogP contribution is -2.21. The monoisotopic (exact) mass is 354 g/mol. The van der Waals surface area contributed by atoms with Gasteiger partial charge in [-0.15, -0.1) is 0 Å². The van der Waals surface area contributed by atoms with Gasteiger partial charge in [0.1, 0.15) is 0 Å². The average molecular weight is 354 g/mol. The molecule has 2 aromatic carbocycles. The van der Waals surface area contributed by atoms with E-state index in [0.29, 0.717) is 22.9 Å². The standard InChI is InChI=1S/C20H22N2O4/c1-13-15(6-5-7-16(13)22-20(24)14-10-11-14)21-19(23)12-26-18-9-4-3-8-17(18)25-2/h3-9,14H,10-12H2,1-2H3,(H,21,23)(H,22,24). The third-order valence-electron chi connectivity index (χ3n) is 4.24. The van der Waals surface area contributed by atoms with Gasteiger partial charge in [0.25, 0.3) is 5.91 Å². The van der Waals surface area contributed by atoms with Crippen molar-refractivity contribution in [2.45, 2.75) is 19.8 Å². The van der Waals surface area contributed by atoms with Gasteiger partial charge >= 0.3 is 0 Å². The van der Waals surface area contributed by atoms with Gasteiger partial charge in [-0.25, -0.2) is 0 Å². The number of anilines is 2. The maximum Gasteiger partial charge on any atom is 0.262 e. The van der Waals surface area contributed by atoms with Crippen LogP contribution < -0.4 is 20.1 Å². The summed E-state index contributed by atoms with van der Waals surface area (Å²) in [5.74, 6) is 0.955. The quantitative estimate of drug-likeness (QED) is 0.799. The topological polar surface area (TPSA) is 76.7 Å². The molecule has 0 spiro atoms. The number of hydrogen-bond acceptors (Lipinski definition) is 4. The number of para-hydroxylation sites is 2. The molecule has 0 saturated heterocycles. The Bertz CT molecular complexity index is 815. The minimum atomic E-state index is -0.287. The van der Waals surface area contributed by atoms with Crippen molar-refractivity contribution in [1.29, 1.82) is 0 Å². The minimum Gasteiger partial charge on any atom is -0.493 e. The molecule has 0 aromatic heterocycles. The Hall–Kier alpha value is -3.02. The highest BCUT2D eigenvalue weighted by Crippen LogP contribution is 2.31.